The van der Waals surface area contributed by atoms with E-state index < -0.39 is 0 Å². The fraction of sp³-hybridized carbons (Fsp3) is 0.0833. The van der Waals surface area contributed by atoms with Gasteiger partial charge < -0.3 is 4.42 Å². The minimum atomic E-state index is 0.496. The minimum absolute atomic E-state index is 0.496. The molecule has 7 heteroatoms. The molecule has 0 unspecified atom stereocenters. The summed E-state index contributed by atoms with van der Waals surface area (Å²) in [5.41, 5.74) is 11.7. The Kier molecular flexibility index (Phi) is 11.1. The molecule has 2 radical (unpaired) electrons. The van der Waals surface area contributed by atoms with Crippen molar-refractivity contribution < 1.29 is 4.42 Å². The molecule has 0 N–H and O–H groups in total. The van der Waals surface area contributed by atoms with E-state index in [1.165, 1.54) is 32.8 Å². The van der Waals surface area contributed by atoms with Crippen molar-refractivity contribution in [3.05, 3.63) is 169 Å². The Morgan fingerprint density at radius 3 is 1.91 bits per heavy atom. The van der Waals surface area contributed by atoms with E-state index in [2.05, 4.69) is 97.7 Å². The molecule has 0 fully saturated rings. The molecule has 0 aliphatic rings. The Balaban J connectivity index is 1.29. The van der Waals surface area contributed by atoms with Crippen molar-refractivity contribution in [2.24, 2.45) is 0 Å². The third-order valence-corrected chi connectivity index (χ3v) is 9.50. The maximum atomic E-state index is 6.37. The van der Waals surface area contributed by atoms with Gasteiger partial charge in [0.15, 0.2) is 23.1 Å². The van der Waals surface area contributed by atoms with Gasteiger partial charge in [-0.25, -0.2) is 19.9 Å². The Morgan fingerprint density at radius 2 is 1.31 bits per heavy atom. The zero-order valence-electron chi connectivity index (χ0n) is 31.6. The standard InChI is InChI=1S/C48H40B2N4O/c1-7-10-23-39-43(49-5)38(18-9-3)37-26-24-34(29-40(37)44(39)50-6)31(4)28-36(17-8-2)48-51-41-30-35(25-27-42(41)55-48)47-53-45(32-19-13-11-14-20-32)52-46(54-47)33-21-15-12-16-22-33/h7-30H,1-2H2,3-6H3/b18-9-,23-10-,31-28+,36-17+. The third kappa shape index (κ3) is 7.60. The van der Waals surface area contributed by atoms with Gasteiger partial charge in [0.2, 0.25) is 5.89 Å². The molecule has 0 bridgehead atoms. The van der Waals surface area contributed by atoms with Crippen molar-refractivity contribution in [1.82, 2.24) is 19.9 Å². The second-order valence-electron chi connectivity index (χ2n) is 13.0. The molecular formula is C48H40B2N4O. The lowest BCUT2D eigenvalue weighted by Gasteiger charge is -2.19. The maximum Gasteiger partial charge on any atom is 0.227 e. The maximum absolute atomic E-state index is 6.37. The molecule has 7 rings (SSSR count). The summed E-state index contributed by atoms with van der Waals surface area (Å²) in [5, 5.41) is 2.39. The van der Waals surface area contributed by atoms with Gasteiger partial charge >= 0.3 is 0 Å². The lowest BCUT2D eigenvalue weighted by atomic mass is 9.60. The van der Waals surface area contributed by atoms with E-state index in [0.29, 0.717) is 34.5 Å². The van der Waals surface area contributed by atoms with Crippen LogP contribution >= 0.6 is 0 Å². The molecule has 2 heterocycles. The number of oxazole rings is 1. The van der Waals surface area contributed by atoms with Gasteiger partial charge in [0.05, 0.1) is 0 Å². The van der Waals surface area contributed by atoms with E-state index in [-0.39, 0.29) is 0 Å². The number of aromatic nitrogens is 4. The molecule has 0 spiro atoms. The van der Waals surface area contributed by atoms with Crippen LogP contribution in [0, 0.1) is 0 Å². The molecule has 2 aromatic heterocycles. The van der Waals surface area contributed by atoms with E-state index in [4.69, 9.17) is 24.4 Å². The predicted octanol–water partition coefficient (Wildman–Crippen LogP) is 10.8. The fourth-order valence-corrected chi connectivity index (χ4v) is 6.89. The topological polar surface area (TPSA) is 64.7 Å². The third-order valence-electron chi connectivity index (χ3n) is 9.50. The van der Waals surface area contributed by atoms with Crippen LogP contribution in [0.2, 0.25) is 13.6 Å². The summed E-state index contributed by atoms with van der Waals surface area (Å²) in [7, 11) is 4.38. The molecule has 0 aliphatic heterocycles. The van der Waals surface area contributed by atoms with Crippen LogP contribution in [0.15, 0.2) is 151 Å². The lowest BCUT2D eigenvalue weighted by Crippen LogP contribution is -2.30. The number of rotatable bonds is 12. The summed E-state index contributed by atoms with van der Waals surface area (Å²) in [4.78, 5) is 19.6. The summed E-state index contributed by atoms with van der Waals surface area (Å²) in [6, 6.07) is 32.5. The van der Waals surface area contributed by atoms with Gasteiger partial charge in [-0.15, -0.1) is 0 Å². The molecule has 0 saturated carbocycles. The van der Waals surface area contributed by atoms with Crippen molar-refractivity contribution in [1.29, 1.82) is 0 Å². The quantitative estimate of drug-likeness (QED) is 0.0933. The van der Waals surface area contributed by atoms with Crippen LogP contribution < -0.4 is 10.9 Å². The van der Waals surface area contributed by atoms with Crippen LogP contribution in [-0.4, -0.2) is 34.5 Å². The van der Waals surface area contributed by atoms with E-state index in [1.807, 2.05) is 97.1 Å². The average molecular weight is 710 g/mol. The number of allylic oxidation sites excluding steroid dienone is 8. The van der Waals surface area contributed by atoms with Crippen LogP contribution in [-0.2, 0) is 0 Å². The van der Waals surface area contributed by atoms with E-state index in [0.717, 1.165) is 33.4 Å². The molecule has 55 heavy (non-hydrogen) atoms. The second-order valence-corrected chi connectivity index (χ2v) is 13.0. The highest BCUT2D eigenvalue weighted by Crippen LogP contribution is 2.31. The Labute approximate surface area is 324 Å². The highest BCUT2D eigenvalue weighted by molar-refractivity contribution is 6.62. The first-order valence-electron chi connectivity index (χ1n) is 18.4. The fourth-order valence-electron chi connectivity index (χ4n) is 6.89. The second kappa shape index (κ2) is 16.6. The van der Waals surface area contributed by atoms with Crippen molar-refractivity contribution in [2.45, 2.75) is 27.5 Å². The normalized spacial score (nSPS) is 12.2. The van der Waals surface area contributed by atoms with Gasteiger partial charge in [-0.1, -0.05) is 153 Å². The first kappa shape index (κ1) is 36.8. The molecule has 7 aromatic rings. The number of nitrogens with zero attached hydrogens (tertiary/aromatic N) is 4. The summed E-state index contributed by atoms with van der Waals surface area (Å²) in [6.45, 7) is 16.3. The van der Waals surface area contributed by atoms with Crippen LogP contribution in [0.3, 0.4) is 0 Å². The van der Waals surface area contributed by atoms with Gasteiger partial charge in [0.25, 0.3) is 0 Å². The van der Waals surface area contributed by atoms with Gasteiger partial charge in [-0.3, -0.25) is 0 Å². The van der Waals surface area contributed by atoms with Crippen LogP contribution in [0.5, 0.6) is 0 Å². The molecular weight excluding hydrogens is 670 g/mol. The molecule has 0 saturated heterocycles. The Morgan fingerprint density at radius 1 is 0.655 bits per heavy atom. The van der Waals surface area contributed by atoms with Gasteiger partial charge in [0, 0.05) is 22.3 Å². The first-order valence-corrected chi connectivity index (χ1v) is 18.4. The first-order chi connectivity index (χ1) is 27.0. The van der Waals surface area contributed by atoms with Crippen molar-refractivity contribution >= 4 is 70.7 Å². The Hall–Kier alpha value is -6.59. The molecule has 0 atom stereocenters. The molecule has 0 aliphatic carbocycles. The Bertz CT molecular complexity index is 2610. The number of hydrogen-bond donors (Lipinski definition) is 0. The van der Waals surface area contributed by atoms with Gasteiger partial charge in [-0.2, -0.15) is 0 Å². The van der Waals surface area contributed by atoms with E-state index in [1.54, 1.807) is 6.08 Å². The summed E-state index contributed by atoms with van der Waals surface area (Å²) >= 11 is 0. The summed E-state index contributed by atoms with van der Waals surface area (Å²) in [5.74, 6) is 2.26. The van der Waals surface area contributed by atoms with Crippen molar-refractivity contribution in [3.8, 4) is 34.2 Å². The molecule has 5 nitrogen and oxygen atoms in total. The van der Waals surface area contributed by atoms with E-state index in [9.17, 15) is 0 Å². The molecule has 0 amide bonds. The van der Waals surface area contributed by atoms with Gasteiger partial charge in [-0.05, 0) is 77.2 Å². The largest absolute Gasteiger partial charge is 0.436 e. The smallest absolute Gasteiger partial charge is 0.227 e. The van der Waals surface area contributed by atoms with Gasteiger partial charge in [0.1, 0.15) is 20.1 Å². The number of benzene rings is 5. The zero-order valence-corrected chi connectivity index (χ0v) is 31.6. The lowest BCUT2D eigenvalue weighted by molar-refractivity contribution is 0.586. The molecule has 264 valence electrons. The summed E-state index contributed by atoms with van der Waals surface area (Å²) < 4.78 is 6.37. The predicted molar refractivity (Wildman–Crippen MR) is 236 cm³/mol. The monoisotopic (exact) mass is 710 g/mol. The zero-order chi connectivity index (χ0) is 38.3. The van der Waals surface area contributed by atoms with Crippen LogP contribution in [0.25, 0.3) is 79.3 Å². The summed E-state index contributed by atoms with van der Waals surface area (Å²) in [6.07, 6.45) is 16.0. The SMILES string of the molecule is C=C/C=C\c1c([B]C)c(/C=C\C)c2ccc(/C(C)=C/C(=C\C=C)c3nc4cc(-c5nc(-c6ccccc6)nc(-c6ccccc6)n5)ccc4o3)cc2c1[B]C. The van der Waals surface area contributed by atoms with E-state index >= 15 is 0 Å². The highest BCUT2D eigenvalue weighted by atomic mass is 16.3. The number of hydrogen-bond acceptors (Lipinski definition) is 5. The minimum Gasteiger partial charge on any atom is -0.436 e. The average Bonchev–Trinajstić information content (AvgIpc) is 3.67. The van der Waals surface area contributed by atoms with Crippen molar-refractivity contribution in [2.75, 3.05) is 0 Å². The van der Waals surface area contributed by atoms with Crippen LogP contribution in [0.4, 0.5) is 0 Å². The highest BCUT2D eigenvalue weighted by Gasteiger charge is 2.18. The molecule has 5 aromatic carbocycles. The number of fused-ring (bicyclic) bond motifs is 2. The van der Waals surface area contributed by atoms with Crippen LogP contribution in [0.1, 0.15) is 36.4 Å². The van der Waals surface area contributed by atoms with Crippen molar-refractivity contribution in [3.63, 3.8) is 0 Å².